The summed E-state index contributed by atoms with van der Waals surface area (Å²) < 4.78 is 41.2. The lowest BCUT2D eigenvalue weighted by Crippen LogP contribution is -2.48. The van der Waals surface area contributed by atoms with E-state index < -0.39 is 10.0 Å². The van der Waals surface area contributed by atoms with Gasteiger partial charge in [-0.2, -0.15) is 0 Å². The number of nitrogens with zero attached hydrogens (tertiary/aromatic N) is 2. The third kappa shape index (κ3) is 5.12. The van der Waals surface area contributed by atoms with Gasteiger partial charge in [0.25, 0.3) is 15.9 Å². The molecule has 2 heterocycles. The average Bonchev–Trinajstić information content (AvgIpc) is 3.32. The Balaban J connectivity index is 1.33. The highest BCUT2D eigenvalue weighted by Crippen LogP contribution is 2.21. The fourth-order valence-electron chi connectivity index (χ4n) is 3.46. The van der Waals surface area contributed by atoms with Gasteiger partial charge in [-0.15, -0.1) is 11.3 Å². The van der Waals surface area contributed by atoms with E-state index in [9.17, 15) is 17.6 Å². The number of rotatable bonds is 6. The second kappa shape index (κ2) is 9.17. The average molecular weight is 460 g/mol. The van der Waals surface area contributed by atoms with E-state index >= 15 is 0 Å². The van der Waals surface area contributed by atoms with E-state index in [2.05, 4.69) is 9.62 Å². The Morgan fingerprint density at radius 2 is 1.68 bits per heavy atom. The number of amides is 1. The van der Waals surface area contributed by atoms with E-state index in [0.29, 0.717) is 49.5 Å². The zero-order valence-electron chi connectivity index (χ0n) is 16.7. The number of carbonyl (C=O) groups is 1. The molecule has 1 aromatic heterocycles. The van der Waals surface area contributed by atoms with Crippen LogP contribution in [-0.2, 0) is 16.6 Å². The third-order valence-corrected chi connectivity index (χ3v) is 7.93. The maximum Gasteiger partial charge on any atom is 0.271 e. The van der Waals surface area contributed by atoms with E-state index in [1.807, 2.05) is 6.07 Å². The number of benzene rings is 2. The van der Waals surface area contributed by atoms with Gasteiger partial charge in [-0.3, -0.25) is 14.4 Å². The Bertz CT molecular complexity index is 1140. The van der Waals surface area contributed by atoms with Gasteiger partial charge in [0.1, 0.15) is 10.0 Å². The largest absolute Gasteiger partial charge is 0.336 e. The van der Waals surface area contributed by atoms with Crippen LogP contribution in [0.3, 0.4) is 0 Å². The fourth-order valence-corrected chi connectivity index (χ4v) is 5.51. The summed E-state index contributed by atoms with van der Waals surface area (Å²) in [6.45, 7) is 2.96. The van der Waals surface area contributed by atoms with Crippen molar-refractivity contribution in [2.75, 3.05) is 30.9 Å². The van der Waals surface area contributed by atoms with Crippen molar-refractivity contribution >= 4 is 33.0 Å². The number of piperazine rings is 1. The smallest absolute Gasteiger partial charge is 0.271 e. The van der Waals surface area contributed by atoms with Crippen molar-refractivity contribution in [3.05, 3.63) is 83.0 Å². The van der Waals surface area contributed by atoms with E-state index in [4.69, 9.17) is 0 Å². The Kier molecular flexibility index (Phi) is 6.35. The molecule has 4 rings (SSSR count). The van der Waals surface area contributed by atoms with Crippen molar-refractivity contribution in [2.45, 2.75) is 10.8 Å². The molecule has 1 amide bonds. The van der Waals surface area contributed by atoms with Crippen LogP contribution in [-0.4, -0.2) is 50.3 Å². The van der Waals surface area contributed by atoms with Gasteiger partial charge in [0.2, 0.25) is 0 Å². The standard InChI is InChI=1S/C22H22FN3O3S2/c23-20-5-2-1-4-18(20)16-25-11-13-26(14-12-25)22(27)17-7-9-19(10-8-17)24-31(28,29)21-6-3-15-30-21/h1-10,15,24H,11-14,16H2. The van der Waals surface area contributed by atoms with Crippen LogP contribution in [0, 0.1) is 5.82 Å². The number of carbonyl (C=O) groups excluding carboxylic acids is 1. The predicted octanol–water partition coefficient (Wildman–Crippen LogP) is 3.65. The minimum absolute atomic E-state index is 0.0989. The summed E-state index contributed by atoms with van der Waals surface area (Å²) in [4.78, 5) is 16.7. The van der Waals surface area contributed by atoms with Gasteiger partial charge >= 0.3 is 0 Å². The number of thiophene rings is 1. The molecule has 31 heavy (non-hydrogen) atoms. The lowest BCUT2D eigenvalue weighted by Gasteiger charge is -2.34. The van der Waals surface area contributed by atoms with Crippen molar-refractivity contribution < 1.29 is 17.6 Å². The first-order valence-electron chi connectivity index (χ1n) is 9.84. The van der Waals surface area contributed by atoms with Gasteiger partial charge in [0.15, 0.2) is 0 Å². The van der Waals surface area contributed by atoms with Crippen molar-refractivity contribution in [3.63, 3.8) is 0 Å². The second-order valence-corrected chi connectivity index (χ2v) is 10.1. The topological polar surface area (TPSA) is 69.7 Å². The van der Waals surface area contributed by atoms with E-state index in [1.54, 1.807) is 52.7 Å². The number of hydrogen-bond donors (Lipinski definition) is 1. The van der Waals surface area contributed by atoms with Crippen LogP contribution in [0.15, 0.2) is 70.3 Å². The van der Waals surface area contributed by atoms with Crippen molar-refractivity contribution in [2.24, 2.45) is 0 Å². The van der Waals surface area contributed by atoms with Crippen molar-refractivity contribution in [1.29, 1.82) is 0 Å². The van der Waals surface area contributed by atoms with Gasteiger partial charge in [-0.05, 0) is 41.8 Å². The highest BCUT2D eigenvalue weighted by atomic mass is 32.2. The van der Waals surface area contributed by atoms with Crippen molar-refractivity contribution in [1.82, 2.24) is 9.80 Å². The lowest BCUT2D eigenvalue weighted by atomic mass is 10.1. The second-order valence-electron chi connectivity index (χ2n) is 7.27. The zero-order chi connectivity index (χ0) is 21.8. The normalized spacial score (nSPS) is 15.1. The molecule has 1 aliphatic rings. The molecule has 3 aromatic rings. The van der Waals surface area contributed by atoms with Crippen LogP contribution in [0.2, 0.25) is 0 Å². The van der Waals surface area contributed by atoms with Crippen LogP contribution >= 0.6 is 11.3 Å². The van der Waals surface area contributed by atoms with Gasteiger partial charge in [0.05, 0.1) is 0 Å². The minimum atomic E-state index is -3.62. The molecule has 0 bridgehead atoms. The summed E-state index contributed by atoms with van der Waals surface area (Å²) in [6, 6.07) is 16.4. The van der Waals surface area contributed by atoms with Crippen LogP contribution in [0.1, 0.15) is 15.9 Å². The number of nitrogens with one attached hydrogen (secondary N) is 1. The number of anilines is 1. The number of halogens is 1. The number of sulfonamides is 1. The molecule has 1 aliphatic heterocycles. The number of hydrogen-bond acceptors (Lipinski definition) is 5. The Morgan fingerprint density at radius 3 is 2.32 bits per heavy atom. The Labute approximate surface area is 185 Å². The fraction of sp³-hybridized carbons (Fsp3) is 0.227. The molecule has 0 saturated carbocycles. The van der Waals surface area contributed by atoms with Crippen LogP contribution < -0.4 is 4.72 Å². The summed E-state index contributed by atoms with van der Waals surface area (Å²) in [5.74, 6) is -0.311. The Hall–Kier alpha value is -2.75. The van der Waals surface area contributed by atoms with Gasteiger partial charge in [-0.1, -0.05) is 24.3 Å². The molecule has 6 nitrogen and oxygen atoms in total. The first kappa shape index (κ1) is 21.5. The van der Waals surface area contributed by atoms with Crippen LogP contribution in [0.5, 0.6) is 0 Å². The van der Waals surface area contributed by atoms with Crippen molar-refractivity contribution in [3.8, 4) is 0 Å². The summed E-state index contributed by atoms with van der Waals surface area (Å²) in [5, 5.41) is 1.70. The van der Waals surface area contributed by atoms with E-state index in [0.717, 1.165) is 11.3 Å². The van der Waals surface area contributed by atoms with Gasteiger partial charge < -0.3 is 4.90 Å². The molecule has 0 atom stereocenters. The summed E-state index contributed by atoms with van der Waals surface area (Å²) >= 11 is 1.14. The molecule has 1 fully saturated rings. The summed E-state index contributed by atoms with van der Waals surface area (Å²) in [7, 11) is -3.62. The summed E-state index contributed by atoms with van der Waals surface area (Å²) in [5.41, 5.74) is 1.56. The molecule has 2 aromatic carbocycles. The highest BCUT2D eigenvalue weighted by molar-refractivity contribution is 7.94. The molecule has 9 heteroatoms. The maximum absolute atomic E-state index is 13.9. The lowest BCUT2D eigenvalue weighted by molar-refractivity contribution is 0.0627. The molecule has 0 spiro atoms. The molecule has 0 aliphatic carbocycles. The highest BCUT2D eigenvalue weighted by Gasteiger charge is 2.23. The van der Waals surface area contributed by atoms with Gasteiger partial charge in [-0.25, -0.2) is 12.8 Å². The van der Waals surface area contributed by atoms with Crippen LogP contribution in [0.25, 0.3) is 0 Å². The molecule has 162 valence electrons. The first-order valence-corrected chi connectivity index (χ1v) is 12.2. The monoisotopic (exact) mass is 459 g/mol. The van der Waals surface area contributed by atoms with E-state index in [1.165, 1.54) is 12.1 Å². The minimum Gasteiger partial charge on any atom is -0.336 e. The predicted molar refractivity (Wildman–Crippen MR) is 119 cm³/mol. The maximum atomic E-state index is 13.9. The quantitative estimate of drug-likeness (QED) is 0.611. The molecule has 0 radical (unpaired) electrons. The third-order valence-electron chi connectivity index (χ3n) is 5.16. The zero-order valence-corrected chi connectivity index (χ0v) is 18.3. The first-order chi connectivity index (χ1) is 14.9. The molecule has 1 saturated heterocycles. The molecule has 1 N–H and O–H groups in total. The SMILES string of the molecule is O=C(c1ccc(NS(=O)(=O)c2cccs2)cc1)N1CCN(Cc2ccccc2F)CC1. The van der Waals surface area contributed by atoms with E-state index in [-0.39, 0.29) is 15.9 Å². The molecule has 0 unspecified atom stereocenters. The molecular weight excluding hydrogens is 437 g/mol. The molecular formula is C22H22FN3O3S2. The van der Waals surface area contributed by atoms with Gasteiger partial charge in [0, 0.05) is 49.5 Å². The van der Waals surface area contributed by atoms with Crippen LogP contribution in [0.4, 0.5) is 10.1 Å². The summed E-state index contributed by atoms with van der Waals surface area (Å²) in [6.07, 6.45) is 0. The Morgan fingerprint density at radius 1 is 0.968 bits per heavy atom.